The topological polar surface area (TPSA) is 111 Å². The van der Waals surface area contributed by atoms with Crippen LogP contribution in [-0.2, 0) is 22.3 Å². The van der Waals surface area contributed by atoms with Gasteiger partial charge in [0, 0.05) is 36.4 Å². The number of carbonyl (C=O) groups is 3. The Bertz CT molecular complexity index is 1190. The summed E-state index contributed by atoms with van der Waals surface area (Å²) in [6.45, 7) is 11.8. The summed E-state index contributed by atoms with van der Waals surface area (Å²) in [6, 6.07) is 8.06. The molecule has 220 valence electrons. The number of nitrogens with one attached hydrogen (secondary N) is 5. The van der Waals surface area contributed by atoms with Gasteiger partial charge in [-0.15, -0.1) is 0 Å². The minimum absolute atomic E-state index is 0.120. The van der Waals surface area contributed by atoms with Crippen molar-refractivity contribution in [1.29, 1.82) is 0 Å². The van der Waals surface area contributed by atoms with E-state index in [0.29, 0.717) is 19.5 Å². The van der Waals surface area contributed by atoms with Crippen molar-refractivity contribution < 1.29 is 27.6 Å². The Kier molecular flexibility index (Phi) is 11.5. The van der Waals surface area contributed by atoms with Crippen molar-refractivity contribution in [2.24, 2.45) is 0 Å². The zero-order valence-corrected chi connectivity index (χ0v) is 23.9. The number of carbonyl (C=O) groups excluding carboxylic acids is 3. The maximum absolute atomic E-state index is 13.4. The van der Waals surface area contributed by atoms with E-state index in [2.05, 4.69) is 32.7 Å². The van der Waals surface area contributed by atoms with Gasteiger partial charge in [-0.3, -0.25) is 14.4 Å². The standard InChI is InChI=1S/C29H40F3N5O3/c1-7-10-34-23-13-21(12-22(14-23)29(30,31)32)26(39)35-17-25(38)36-24(27(40)37-28(4,5)6)16-33-15-20-9-8-18(2)11-19(20)3/h8-9,11-14,24,33-34H,7,10,15-17H2,1-6H3,(H,35,39)(H,36,38)(H,37,40)/t24-/m0/s1. The molecule has 40 heavy (non-hydrogen) atoms. The fourth-order valence-corrected chi connectivity index (χ4v) is 3.86. The number of alkyl halides is 3. The first-order valence-electron chi connectivity index (χ1n) is 13.2. The molecule has 0 heterocycles. The molecule has 8 nitrogen and oxygen atoms in total. The molecule has 0 radical (unpaired) electrons. The SMILES string of the molecule is CCCNc1cc(C(=O)NCC(=O)N[C@@H](CNCc2ccc(C)cc2C)C(=O)NC(C)(C)C)cc(C(F)(F)F)c1. The van der Waals surface area contributed by atoms with Crippen LogP contribution in [-0.4, -0.2) is 48.9 Å². The third kappa shape index (κ3) is 10.9. The Labute approximate surface area is 233 Å². The maximum Gasteiger partial charge on any atom is 0.416 e. The molecule has 2 rings (SSSR count). The predicted molar refractivity (Wildman–Crippen MR) is 150 cm³/mol. The number of hydrogen-bond donors (Lipinski definition) is 5. The van der Waals surface area contributed by atoms with Crippen LogP contribution in [0.4, 0.5) is 18.9 Å². The van der Waals surface area contributed by atoms with Gasteiger partial charge >= 0.3 is 6.18 Å². The lowest BCUT2D eigenvalue weighted by atomic mass is 10.1. The van der Waals surface area contributed by atoms with E-state index in [4.69, 9.17) is 0 Å². The second-order valence-electron chi connectivity index (χ2n) is 10.8. The van der Waals surface area contributed by atoms with Crippen LogP contribution in [0.2, 0.25) is 0 Å². The molecular weight excluding hydrogens is 523 g/mol. The average molecular weight is 564 g/mol. The normalized spacial score (nSPS) is 12.4. The van der Waals surface area contributed by atoms with Gasteiger partial charge in [0.25, 0.3) is 5.91 Å². The van der Waals surface area contributed by atoms with Gasteiger partial charge in [0.05, 0.1) is 12.1 Å². The zero-order valence-electron chi connectivity index (χ0n) is 23.9. The van der Waals surface area contributed by atoms with Crippen molar-refractivity contribution in [3.05, 3.63) is 64.2 Å². The molecule has 2 aromatic carbocycles. The highest BCUT2D eigenvalue weighted by atomic mass is 19.4. The molecule has 0 spiro atoms. The largest absolute Gasteiger partial charge is 0.416 e. The van der Waals surface area contributed by atoms with Gasteiger partial charge in [-0.1, -0.05) is 30.7 Å². The molecule has 1 atom stereocenters. The van der Waals surface area contributed by atoms with Crippen LogP contribution in [0.15, 0.2) is 36.4 Å². The fourth-order valence-electron chi connectivity index (χ4n) is 3.86. The van der Waals surface area contributed by atoms with E-state index in [9.17, 15) is 27.6 Å². The quantitative estimate of drug-likeness (QED) is 0.268. The van der Waals surface area contributed by atoms with Crippen LogP contribution in [0.3, 0.4) is 0 Å². The number of hydrogen-bond acceptors (Lipinski definition) is 5. The van der Waals surface area contributed by atoms with E-state index in [0.717, 1.165) is 28.8 Å². The molecule has 0 aliphatic heterocycles. The van der Waals surface area contributed by atoms with E-state index in [1.54, 1.807) is 0 Å². The van der Waals surface area contributed by atoms with Crippen LogP contribution in [0.25, 0.3) is 0 Å². The molecule has 0 saturated carbocycles. The summed E-state index contributed by atoms with van der Waals surface area (Å²) < 4.78 is 40.1. The second kappa shape index (κ2) is 14.2. The summed E-state index contributed by atoms with van der Waals surface area (Å²) in [6.07, 6.45) is -3.96. The summed E-state index contributed by atoms with van der Waals surface area (Å²) in [5.74, 6) is -1.92. The summed E-state index contributed by atoms with van der Waals surface area (Å²) in [5.41, 5.74) is 1.67. The summed E-state index contributed by atoms with van der Waals surface area (Å²) in [4.78, 5) is 38.3. The first-order chi connectivity index (χ1) is 18.6. The van der Waals surface area contributed by atoms with Crippen molar-refractivity contribution in [1.82, 2.24) is 21.3 Å². The Morgan fingerprint density at radius 1 is 0.975 bits per heavy atom. The number of aryl methyl sites for hydroxylation is 2. The minimum atomic E-state index is -4.64. The number of benzene rings is 2. The van der Waals surface area contributed by atoms with E-state index in [1.807, 2.05) is 53.7 Å². The lowest BCUT2D eigenvalue weighted by Gasteiger charge is -2.26. The fraction of sp³-hybridized carbons (Fsp3) is 0.483. The number of rotatable bonds is 12. The van der Waals surface area contributed by atoms with Crippen LogP contribution in [0.5, 0.6) is 0 Å². The number of amides is 3. The van der Waals surface area contributed by atoms with E-state index >= 15 is 0 Å². The van der Waals surface area contributed by atoms with Gasteiger partial charge in [-0.2, -0.15) is 13.2 Å². The highest BCUT2D eigenvalue weighted by molar-refractivity contribution is 5.98. The minimum Gasteiger partial charge on any atom is -0.385 e. The third-order valence-corrected chi connectivity index (χ3v) is 5.82. The van der Waals surface area contributed by atoms with Gasteiger partial charge in [-0.25, -0.2) is 0 Å². The van der Waals surface area contributed by atoms with Gasteiger partial charge in [0.2, 0.25) is 11.8 Å². The van der Waals surface area contributed by atoms with Gasteiger partial charge in [-0.05, 0) is 70.4 Å². The monoisotopic (exact) mass is 563 g/mol. The Balaban J connectivity index is 2.07. The zero-order chi connectivity index (χ0) is 30.1. The molecule has 3 amide bonds. The molecule has 0 aliphatic rings. The Hall–Kier alpha value is -3.60. The molecule has 2 aromatic rings. The highest BCUT2D eigenvalue weighted by Crippen LogP contribution is 2.32. The first-order valence-corrected chi connectivity index (χ1v) is 13.2. The smallest absolute Gasteiger partial charge is 0.385 e. The van der Waals surface area contributed by atoms with Crippen molar-refractivity contribution in [2.75, 3.05) is 25.0 Å². The first kappa shape index (κ1) is 32.6. The molecule has 0 bridgehead atoms. The van der Waals surface area contributed by atoms with Crippen molar-refractivity contribution in [2.45, 2.75) is 72.3 Å². The summed E-state index contributed by atoms with van der Waals surface area (Å²) in [5, 5.41) is 13.8. The van der Waals surface area contributed by atoms with Crippen molar-refractivity contribution >= 4 is 23.4 Å². The van der Waals surface area contributed by atoms with Gasteiger partial charge in [0.15, 0.2) is 0 Å². The molecule has 0 aliphatic carbocycles. The summed E-state index contributed by atoms with van der Waals surface area (Å²) >= 11 is 0. The van der Waals surface area contributed by atoms with E-state index in [1.165, 1.54) is 6.07 Å². The Morgan fingerprint density at radius 2 is 1.68 bits per heavy atom. The third-order valence-electron chi connectivity index (χ3n) is 5.82. The maximum atomic E-state index is 13.4. The highest BCUT2D eigenvalue weighted by Gasteiger charge is 2.32. The Morgan fingerprint density at radius 3 is 2.27 bits per heavy atom. The van der Waals surface area contributed by atoms with Crippen LogP contribution in [0.1, 0.15) is 66.7 Å². The van der Waals surface area contributed by atoms with Crippen molar-refractivity contribution in [3.63, 3.8) is 0 Å². The number of anilines is 1. The lowest BCUT2D eigenvalue weighted by molar-refractivity contribution is -0.137. The van der Waals surface area contributed by atoms with Gasteiger partial charge in [0.1, 0.15) is 6.04 Å². The number of halogens is 3. The summed E-state index contributed by atoms with van der Waals surface area (Å²) in [7, 11) is 0. The molecule has 0 fully saturated rings. The predicted octanol–water partition coefficient (Wildman–Crippen LogP) is 4.06. The molecular formula is C29H40F3N5O3. The lowest BCUT2D eigenvalue weighted by Crippen LogP contribution is -2.56. The molecule has 0 saturated heterocycles. The molecule has 0 unspecified atom stereocenters. The molecule has 0 aromatic heterocycles. The second-order valence-corrected chi connectivity index (χ2v) is 10.8. The van der Waals surface area contributed by atoms with Crippen LogP contribution >= 0.6 is 0 Å². The van der Waals surface area contributed by atoms with Crippen molar-refractivity contribution in [3.8, 4) is 0 Å². The molecule has 11 heteroatoms. The van der Waals surface area contributed by atoms with Crippen LogP contribution in [0, 0.1) is 13.8 Å². The van der Waals surface area contributed by atoms with Crippen LogP contribution < -0.4 is 26.6 Å². The van der Waals surface area contributed by atoms with E-state index in [-0.39, 0.29) is 17.8 Å². The average Bonchev–Trinajstić information content (AvgIpc) is 2.84. The molecule has 5 N–H and O–H groups in total. The van der Waals surface area contributed by atoms with Gasteiger partial charge < -0.3 is 26.6 Å². The van der Waals surface area contributed by atoms with E-state index < -0.39 is 47.6 Å².